The minimum atomic E-state index is -0.629. The first-order valence-corrected chi connectivity index (χ1v) is 6.40. The van der Waals surface area contributed by atoms with Crippen LogP contribution in [0.2, 0.25) is 0 Å². The zero-order valence-corrected chi connectivity index (χ0v) is 11.1. The third kappa shape index (κ3) is 2.63. The van der Waals surface area contributed by atoms with Crippen molar-refractivity contribution in [3.63, 3.8) is 0 Å². The molecule has 0 radical (unpaired) electrons. The Labute approximate surface area is 110 Å². The molecule has 18 heavy (non-hydrogen) atoms. The monoisotopic (exact) mass is 265 g/mol. The molecule has 0 saturated carbocycles. The first kappa shape index (κ1) is 12.9. The van der Waals surface area contributed by atoms with Gasteiger partial charge in [-0.15, -0.1) is 11.3 Å². The van der Waals surface area contributed by atoms with Crippen LogP contribution in [0.4, 0.5) is 0 Å². The van der Waals surface area contributed by atoms with E-state index in [-0.39, 0.29) is 0 Å². The van der Waals surface area contributed by atoms with Crippen LogP contribution < -0.4 is 9.47 Å². The summed E-state index contributed by atoms with van der Waals surface area (Å²) in [6.45, 7) is 0. The minimum Gasteiger partial charge on any atom is -0.493 e. The van der Waals surface area contributed by atoms with E-state index >= 15 is 0 Å². The zero-order chi connectivity index (χ0) is 13.0. The number of aliphatic hydroxyl groups excluding tert-OH is 1. The van der Waals surface area contributed by atoms with Crippen LogP contribution in [-0.2, 0) is 6.42 Å². The van der Waals surface area contributed by atoms with Crippen molar-refractivity contribution in [1.29, 1.82) is 0 Å². The fourth-order valence-corrected chi connectivity index (χ4v) is 2.45. The first-order chi connectivity index (χ1) is 8.76. The van der Waals surface area contributed by atoms with Gasteiger partial charge in [0.2, 0.25) is 0 Å². The second-order valence-corrected chi connectivity index (χ2v) is 4.74. The average molecular weight is 265 g/mol. The SMILES string of the molecule is COc1cccc(C(O)Cc2cncs2)c1OC. The summed E-state index contributed by atoms with van der Waals surface area (Å²) in [5.74, 6) is 1.20. The molecule has 96 valence electrons. The molecule has 5 heteroatoms. The summed E-state index contributed by atoms with van der Waals surface area (Å²) in [5.41, 5.74) is 2.48. The summed E-state index contributed by atoms with van der Waals surface area (Å²) in [7, 11) is 3.15. The van der Waals surface area contributed by atoms with Crippen molar-refractivity contribution in [3.05, 3.63) is 40.3 Å². The molecule has 0 bridgehead atoms. The van der Waals surface area contributed by atoms with Crippen LogP contribution in [0.15, 0.2) is 29.9 Å². The van der Waals surface area contributed by atoms with Crippen LogP contribution in [0.25, 0.3) is 0 Å². The number of thiazole rings is 1. The summed E-state index contributed by atoms with van der Waals surface area (Å²) < 4.78 is 10.5. The van der Waals surface area contributed by atoms with E-state index in [1.807, 2.05) is 18.2 Å². The lowest BCUT2D eigenvalue weighted by Crippen LogP contribution is -2.04. The van der Waals surface area contributed by atoms with E-state index in [0.717, 1.165) is 10.4 Å². The lowest BCUT2D eigenvalue weighted by molar-refractivity contribution is 0.174. The molecule has 4 nitrogen and oxygen atoms in total. The van der Waals surface area contributed by atoms with Crippen LogP contribution in [0.5, 0.6) is 11.5 Å². The summed E-state index contributed by atoms with van der Waals surface area (Å²) in [6.07, 6.45) is 1.66. The predicted octanol–water partition coefficient (Wildman–Crippen LogP) is 2.44. The van der Waals surface area contributed by atoms with Gasteiger partial charge in [0.15, 0.2) is 11.5 Å². The lowest BCUT2D eigenvalue weighted by atomic mass is 10.0. The number of aromatic nitrogens is 1. The molecular formula is C13H15NO3S. The molecule has 0 amide bonds. The van der Waals surface area contributed by atoms with Gasteiger partial charge in [0.05, 0.1) is 25.8 Å². The maximum absolute atomic E-state index is 10.3. The third-order valence-electron chi connectivity index (χ3n) is 2.67. The number of rotatable bonds is 5. The highest BCUT2D eigenvalue weighted by Gasteiger charge is 2.17. The molecule has 1 unspecified atom stereocenters. The van der Waals surface area contributed by atoms with Gasteiger partial charge in [-0.25, -0.2) is 0 Å². The van der Waals surface area contributed by atoms with Crippen molar-refractivity contribution in [3.8, 4) is 11.5 Å². The van der Waals surface area contributed by atoms with Crippen molar-refractivity contribution < 1.29 is 14.6 Å². The molecule has 0 fully saturated rings. The second-order valence-electron chi connectivity index (χ2n) is 3.77. The fourth-order valence-electron chi connectivity index (χ4n) is 1.82. The summed E-state index contributed by atoms with van der Waals surface area (Å²) in [6, 6.07) is 5.49. The van der Waals surface area contributed by atoms with Gasteiger partial charge in [-0.3, -0.25) is 4.98 Å². The van der Waals surface area contributed by atoms with E-state index in [4.69, 9.17) is 9.47 Å². The van der Waals surface area contributed by atoms with Crippen molar-refractivity contribution in [1.82, 2.24) is 4.98 Å². The van der Waals surface area contributed by atoms with E-state index in [1.54, 1.807) is 25.9 Å². The third-order valence-corrected chi connectivity index (χ3v) is 3.47. The Hall–Kier alpha value is -1.59. The predicted molar refractivity (Wildman–Crippen MR) is 70.3 cm³/mol. The maximum Gasteiger partial charge on any atom is 0.166 e. The standard InChI is InChI=1S/C13H15NO3S/c1-16-12-5-3-4-10(13(12)17-2)11(15)6-9-7-14-8-18-9/h3-5,7-8,11,15H,6H2,1-2H3. The number of nitrogens with zero attached hydrogens (tertiary/aromatic N) is 1. The highest BCUT2D eigenvalue weighted by molar-refractivity contribution is 7.09. The van der Waals surface area contributed by atoms with Gasteiger partial charge < -0.3 is 14.6 Å². The van der Waals surface area contributed by atoms with Gasteiger partial charge >= 0.3 is 0 Å². The van der Waals surface area contributed by atoms with Crippen LogP contribution in [0.3, 0.4) is 0 Å². The molecule has 2 rings (SSSR count). The van der Waals surface area contributed by atoms with Gasteiger partial charge in [0.25, 0.3) is 0 Å². The van der Waals surface area contributed by atoms with Crippen molar-refractivity contribution in [2.75, 3.05) is 14.2 Å². The highest BCUT2D eigenvalue weighted by Crippen LogP contribution is 2.35. The number of methoxy groups -OCH3 is 2. The summed E-state index contributed by atoms with van der Waals surface area (Å²) in [4.78, 5) is 5.03. The summed E-state index contributed by atoms with van der Waals surface area (Å²) in [5, 5.41) is 10.3. The van der Waals surface area contributed by atoms with Crippen LogP contribution in [0.1, 0.15) is 16.5 Å². The quantitative estimate of drug-likeness (QED) is 0.902. The largest absolute Gasteiger partial charge is 0.493 e. The molecule has 0 aliphatic heterocycles. The van der Waals surface area contributed by atoms with Gasteiger partial charge in [-0.05, 0) is 6.07 Å². The Bertz CT molecular complexity index is 499. The van der Waals surface area contributed by atoms with E-state index in [1.165, 1.54) is 11.3 Å². The van der Waals surface area contributed by atoms with Crippen molar-refractivity contribution in [2.45, 2.75) is 12.5 Å². The van der Waals surface area contributed by atoms with E-state index < -0.39 is 6.10 Å². The Morgan fingerprint density at radius 2 is 2.17 bits per heavy atom. The number of aliphatic hydroxyl groups is 1. The number of hydrogen-bond donors (Lipinski definition) is 1. The molecule has 1 heterocycles. The van der Waals surface area contributed by atoms with Gasteiger partial charge in [-0.1, -0.05) is 12.1 Å². The van der Waals surface area contributed by atoms with Crippen molar-refractivity contribution in [2.24, 2.45) is 0 Å². The summed E-state index contributed by atoms with van der Waals surface area (Å²) >= 11 is 1.53. The maximum atomic E-state index is 10.3. The Balaban J connectivity index is 2.26. The average Bonchev–Trinajstić information content (AvgIpc) is 2.90. The Morgan fingerprint density at radius 3 is 2.78 bits per heavy atom. The Morgan fingerprint density at radius 1 is 1.33 bits per heavy atom. The van der Waals surface area contributed by atoms with Crippen molar-refractivity contribution >= 4 is 11.3 Å². The van der Waals surface area contributed by atoms with Gasteiger partial charge in [0, 0.05) is 23.1 Å². The number of hydrogen-bond acceptors (Lipinski definition) is 5. The van der Waals surface area contributed by atoms with Gasteiger partial charge in [-0.2, -0.15) is 0 Å². The van der Waals surface area contributed by atoms with Crippen LogP contribution >= 0.6 is 11.3 Å². The molecule has 1 aromatic heterocycles. The molecular weight excluding hydrogens is 250 g/mol. The van der Waals surface area contributed by atoms with Crippen LogP contribution in [-0.4, -0.2) is 24.3 Å². The van der Waals surface area contributed by atoms with Gasteiger partial charge in [0.1, 0.15) is 0 Å². The highest BCUT2D eigenvalue weighted by atomic mass is 32.1. The molecule has 0 aliphatic carbocycles. The Kier molecular flexibility index (Phi) is 4.17. The molecule has 2 aromatic rings. The molecule has 1 atom stereocenters. The van der Waals surface area contributed by atoms with E-state index in [0.29, 0.717) is 17.9 Å². The molecule has 1 N–H and O–H groups in total. The number of para-hydroxylation sites is 1. The topological polar surface area (TPSA) is 51.6 Å². The molecule has 0 spiro atoms. The lowest BCUT2D eigenvalue weighted by Gasteiger charge is -2.16. The molecule has 0 aliphatic rings. The zero-order valence-electron chi connectivity index (χ0n) is 10.3. The first-order valence-electron chi connectivity index (χ1n) is 5.52. The molecule has 0 saturated heterocycles. The van der Waals surface area contributed by atoms with E-state index in [2.05, 4.69) is 4.98 Å². The fraction of sp³-hybridized carbons (Fsp3) is 0.308. The van der Waals surface area contributed by atoms with E-state index in [9.17, 15) is 5.11 Å². The normalized spacial score (nSPS) is 12.2. The molecule has 1 aromatic carbocycles. The second kappa shape index (κ2) is 5.84. The number of benzene rings is 1. The van der Waals surface area contributed by atoms with Crippen LogP contribution in [0, 0.1) is 0 Å². The minimum absolute atomic E-state index is 0.522. The number of ether oxygens (including phenoxy) is 2. The smallest absolute Gasteiger partial charge is 0.166 e.